The van der Waals surface area contributed by atoms with Crippen LogP contribution >= 0.6 is 11.6 Å². The summed E-state index contributed by atoms with van der Waals surface area (Å²) in [7, 11) is 0. The van der Waals surface area contributed by atoms with Gasteiger partial charge in [0.1, 0.15) is 0 Å². The highest BCUT2D eigenvalue weighted by Gasteiger charge is 2.48. The first kappa shape index (κ1) is 13.7. The second kappa shape index (κ2) is 4.93. The first-order chi connectivity index (χ1) is 9.49. The molecule has 1 aliphatic carbocycles. The fourth-order valence-corrected chi connectivity index (χ4v) is 2.90. The number of amides is 1. The first-order valence-corrected chi connectivity index (χ1v) is 7.47. The number of nitrogens with zero attached hydrogens (tertiary/aromatic N) is 2. The number of nitrogens with two attached hydrogens (primary N) is 1. The number of halogens is 1. The molecule has 20 heavy (non-hydrogen) atoms. The molecule has 0 atom stereocenters. The molecule has 1 saturated carbocycles. The van der Waals surface area contributed by atoms with Crippen LogP contribution in [0, 0.1) is 6.92 Å². The predicted molar refractivity (Wildman–Crippen MR) is 81.1 cm³/mol. The maximum atomic E-state index is 12.2. The molecule has 0 aromatic heterocycles. The monoisotopic (exact) mass is 293 g/mol. The minimum Gasteiger partial charge on any atom is -0.368 e. The van der Waals surface area contributed by atoms with Crippen molar-refractivity contribution in [2.75, 3.05) is 31.1 Å². The SMILES string of the molecule is Cc1ccc(Cl)cc1N1CCN(C(=O)C2(N)CC2)CC1. The van der Waals surface area contributed by atoms with Gasteiger partial charge in [-0.25, -0.2) is 0 Å². The zero-order chi connectivity index (χ0) is 14.3. The Balaban J connectivity index is 1.66. The standard InChI is InChI=1S/C15H20ClN3O/c1-11-2-3-12(16)10-13(11)18-6-8-19(9-7-18)14(20)15(17)4-5-15/h2-3,10H,4-9,17H2,1H3. The Bertz CT molecular complexity index is 534. The molecule has 108 valence electrons. The Kier molecular flexibility index (Phi) is 3.38. The van der Waals surface area contributed by atoms with E-state index in [1.807, 2.05) is 23.1 Å². The Morgan fingerprint density at radius 2 is 1.90 bits per heavy atom. The summed E-state index contributed by atoms with van der Waals surface area (Å²) in [5.74, 6) is 0.125. The first-order valence-electron chi connectivity index (χ1n) is 7.09. The highest BCUT2D eigenvalue weighted by molar-refractivity contribution is 6.30. The molecule has 1 aliphatic heterocycles. The lowest BCUT2D eigenvalue weighted by Crippen LogP contribution is -2.54. The third kappa shape index (κ3) is 2.50. The van der Waals surface area contributed by atoms with Crippen LogP contribution in [0.4, 0.5) is 5.69 Å². The molecular formula is C15H20ClN3O. The second-order valence-electron chi connectivity index (χ2n) is 5.87. The third-order valence-corrected chi connectivity index (χ3v) is 4.53. The van der Waals surface area contributed by atoms with E-state index in [1.54, 1.807) is 0 Å². The van der Waals surface area contributed by atoms with E-state index in [-0.39, 0.29) is 5.91 Å². The van der Waals surface area contributed by atoms with Gasteiger partial charge in [0.25, 0.3) is 0 Å². The van der Waals surface area contributed by atoms with Crippen molar-refractivity contribution < 1.29 is 4.79 Å². The summed E-state index contributed by atoms with van der Waals surface area (Å²) < 4.78 is 0. The molecule has 1 heterocycles. The van der Waals surface area contributed by atoms with Gasteiger partial charge in [0.15, 0.2) is 0 Å². The van der Waals surface area contributed by atoms with Gasteiger partial charge in [-0.3, -0.25) is 4.79 Å². The zero-order valence-electron chi connectivity index (χ0n) is 11.7. The number of piperazine rings is 1. The number of hydrogen-bond acceptors (Lipinski definition) is 3. The van der Waals surface area contributed by atoms with Crippen LogP contribution in [-0.4, -0.2) is 42.5 Å². The highest BCUT2D eigenvalue weighted by Crippen LogP contribution is 2.34. The molecule has 5 heteroatoms. The fourth-order valence-electron chi connectivity index (χ4n) is 2.74. The number of rotatable bonds is 2. The van der Waals surface area contributed by atoms with Crippen LogP contribution in [-0.2, 0) is 4.79 Å². The summed E-state index contributed by atoms with van der Waals surface area (Å²) in [4.78, 5) is 16.4. The van der Waals surface area contributed by atoms with E-state index in [0.29, 0.717) is 0 Å². The van der Waals surface area contributed by atoms with Gasteiger partial charge in [-0.05, 0) is 37.5 Å². The number of hydrogen-bond donors (Lipinski definition) is 1. The molecule has 1 saturated heterocycles. The smallest absolute Gasteiger partial charge is 0.242 e. The van der Waals surface area contributed by atoms with Crippen LogP contribution in [0.25, 0.3) is 0 Å². The largest absolute Gasteiger partial charge is 0.368 e. The Morgan fingerprint density at radius 3 is 2.50 bits per heavy atom. The molecule has 0 unspecified atom stereocenters. The number of carbonyl (C=O) groups is 1. The lowest BCUT2D eigenvalue weighted by Gasteiger charge is -2.37. The van der Waals surface area contributed by atoms with Crippen molar-refractivity contribution in [1.29, 1.82) is 0 Å². The molecule has 1 amide bonds. The van der Waals surface area contributed by atoms with E-state index >= 15 is 0 Å². The normalized spacial score (nSPS) is 20.9. The molecule has 1 aromatic rings. The van der Waals surface area contributed by atoms with E-state index in [0.717, 1.165) is 44.0 Å². The molecular weight excluding hydrogens is 274 g/mol. The van der Waals surface area contributed by atoms with Crippen molar-refractivity contribution in [2.45, 2.75) is 25.3 Å². The van der Waals surface area contributed by atoms with E-state index in [1.165, 1.54) is 11.3 Å². The zero-order valence-corrected chi connectivity index (χ0v) is 12.5. The Morgan fingerprint density at radius 1 is 1.25 bits per heavy atom. The summed E-state index contributed by atoms with van der Waals surface area (Å²) in [5.41, 5.74) is 7.82. The van der Waals surface area contributed by atoms with Gasteiger partial charge >= 0.3 is 0 Å². The van der Waals surface area contributed by atoms with Crippen molar-refractivity contribution in [3.63, 3.8) is 0 Å². The minimum absolute atomic E-state index is 0.125. The molecule has 1 aromatic carbocycles. The quantitative estimate of drug-likeness (QED) is 0.904. The van der Waals surface area contributed by atoms with E-state index < -0.39 is 5.54 Å². The topological polar surface area (TPSA) is 49.6 Å². The number of carbonyl (C=O) groups excluding carboxylic acids is 1. The van der Waals surface area contributed by atoms with Gasteiger partial charge in [0.05, 0.1) is 5.54 Å². The third-order valence-electron chi connectivity index (χ3n) is 4.29. The van der Waals surface area contributed by atoms with Crippen molar-refractivity contribution in [3.05, 3.63) is 28.8 Å². The highest BCUT2D eigenvalue weighted by atomic mass is 35.5. The fraction of sp³-hybridized carbons (Fsp3) is 0.533. The average molecular weight is 294 g/mol. The summed E-state index contributed by atoms with van der Waals surface area (Å²) in [5, 5.41) is 0.753. The lowest BCUT2D eigenvalue weighted by molar-refractivity contribution is -0.133. The van der Waals surface area contributed by atoms with Gasteiger partial charge in [-0.1, -0.05) is 17.7 Å². The van der Waals surface area contributed by atoms with E-state index in [2.05, 4.69) is 11.8 Å². The molecule has 0 radical (unpaired) electrons. The molecule has 4 nitrogen and oxygen atoms in total. The second-order valence-corrected chi connectivity index (χ2v) is 6.30. The molecule has 2 aliphatic rings. The van der Waals surface area contributed by atoms with Gasteiger partial charge in [-0.15, -0.1) is 0 Å². The van der Waals surface area contributed by atoms with Crippen LogP contribution in [0.2, 0.25) is 5.02 Å². The number of benzene rings is 1. The molecule has 0 bridgehead atoms. The van der Waals surface area contributed by atoms with Gasteiger partial charge in [-0.2, -0.15) is 0 Å². The summed E-state index contributed by atoms with van der Waals surface area (Å²) >= 11 is 6.08. The molecule has 0 spiro atoms. The lowest BCUT2D eigenvalue weighted by atomic mass is 10.1. The van der Waals surface area contributed by atoms with E-state index in [4.69, 9.17) is 17.3 Å². The van der Waals surface area contributed by atoms with Crippen LogP contribution in [0.1, 0.15) is 18.4 Å². The number of aryl methyl sites for hydroxylation is 1. The average Bonchev–Trinajstić information content (AvgIpc) is 3.20. The predicted octanol–water partition coefficient (Wildman–Crippen LogP) is 1.79. The van der Waals surface area contributed by atoms with Gasteiger partial charge in [0, 0.05) is 36.9 Å². The minimum atomic E-state index is -0.547. The van der Waals surface area contributed by atoms with Crippen molar-refractivity contribution >= 4 is 23.2 Å². The van der Waals surface area contributed by atoms with Crippen molar-refractivity contribution in [1.82, 2.24) is 4.90 Å². The Hall–Kier alpha value is -1.26. The van der Waals surface area contributed by atoms with Crippen LogP contribution in [0.5, 0.6) is 0 Å². The van der Waals surface area contributed by atoms with Gasteiger partial charge < -0.3 is 15.5 Å². The summed E-state index contributed by atoms with van der Waals surface area (Å²) in [6.07, 6.45) is 1.67. The van der Waals surface area contributed by atoms with Crippen LogP contribution in [0.3, 0.4) is 0 Å². The van der Waals surface area contributed by atoms with Crippen molar-refractivity contribution in [2.24, 2.45) is 5.73 Å². The van der Waals surface area contributed by atoms with Crippen molar-refractivity contribution in [3.8, 4) is 0 Å². The Labute approximate surface area is 124 Å². The van der Waals surface area contributed by atoms with Gasteiger partial charge in [0.2, 0.25) is 5.91 Å². The maximum absolute atomic E-state index is 12.2. The molecule has 3 rings (SSSR count). The molecule has 2 fully saturated rings. The summed E-state index contributed by atoms with van der Waals surface area (Å²) in [6.45, 7) is 5.24. The van der Waals surface area contributed by atoms with Crippen LogP contribution in [0.15, 0.2) is 18.2 Å². The summed E-state index contributed by atoms with van der Waals surface area (Å²) in [6, 6.07) is 5.94. The number of anilines is 1. The maximum Gasteiger partial charge on any atom is 0.242 e. The van der Waals surface area contributed by atoms with Crippen LogP contribution < -0.4 is 10.6 Å². The van der Waals surface area contributed by atoms with E-state index in [9.17, 15) is 4.79 Å². The molecule has 2 N–H and O–H groups in total.